The number of hydrogen-bond donors (Lipinski definition) is 2. The molecule has 2 unspecified atom stereocenters. The van der Waals surface area contributed by atoms with Gasteiger partial charge >= 0.3 is 6.09 Å². The summed E-state index contributed by atoms with van der Waals surface area (Å²) < 4.78 is 5.45. The van der Waals surface area contributed by atoms with Gasteiger partial charge in [0.05, 0.1) is 0 Å². The molecule has 1 aliphatic carbocycles. The van der Waals surface area contributed by atoms with Crippen LogP contribution in [0.25, 0.3) is 0 Å². The molecule has 0 radical (unpaired) electrons. The quantitative estimate of drug-likeness (QED) is 0.326. The van der Waals surface area contributed by atoms with Crippen molar-refractivity contribution >= 4 is 47.8 Å². The number of carbonyl (C=O) groups excluding carboxylic acids is 1. The molecular formula is C19H38IN5O2S. The molecule has 1 amide bonds. The molecular weight excluding hydrogens is 489 g/mol. The van der Waals surface area contributed by atoms with E-state index in [0.29, 0.717) is 6.04 Å². The number of nitrogens with zero attached hydrogens (tertiary/aromatic N) is 3. The van der Waals surface area contributed by atoms with Gasteiger partial charge in [-0.3, -0.25) is 9.89 Å². The number of amides is 1. The third-order valence-corrected chi connectivity index (χ3v) is 6.12. The number of halogens is 1. The summed E-state index contributed by atoms with van der Waals surface area (Å²) in [7, 11) is 1.83. The number of nitrogens with one attached hydrogen (secondary N) is 2. The molecule has 164 valence electrons. The minimum absolute atomic E-state index is 0. The second-order valence-corrected chi connectivity index (χ2v) is 9.46. The van der Waals surface area contributed by atoms with Gasteiger partial charge in [-0.05, 0) is 46.3 Å². The van der Waals surface area contributed by atoms with Crippen molar-refractivity contribution in [2.45, 2.75) is 56.9 Å². The predicted molar refractivity (Wildman–Crippen MR) is 129 cm³/mol. The number of thioether (sulfide) groups is 1. The van der Waals surface area contributed by atoms with Crippen molar-refractivity contribution in [3.63, 3.8) is 0 Å². The van der Waals surface area contributed by atoms with E-state index in [-0.39, 0.29) is 30.1 Å². The zero-order valence-electron chi connectivity index (χ0n) is 18.0. The topological polar surface area (TPSA) is 69.2 Å². The van der Waals surface area contributed by atoms with Gasteiger partial charge in [0.15, 0.2) is 5.96 Å². The lowest BCUT2D eigenvalue weighted by molar-refractivity contribution is 0.0147. The van der Waals surface area contributed by atoms with Crippen LogP contribution in [-0.4, -0.2) is 91.3 Å². The maximum atomic E-state index is 12.1. The van der Waals surface area contributed by atoms with Gasteiger partial charge in [0.1, 0.15) is 5.60 Å². The third-order valence-electron chi connectivity index (χ3n) is 5.03. The molecule has 0 spiro atoms. The van der Waals surface area contributed by atoms with E-state index in [1.807, 2.05) is 39.6 Å². The van der Waals surface area contributed by atoms with Crippen molar-refractivity contribution in [3.05, 3.63) is 0 Å². The summed E-state index contributed by atoms with van der Waals surface area (Å²) in [5.74, 6) is 0.897. The normalized spacial score (nSPS) is 23.9. The van der Waals surface area contributed by atoms with Crippen LogP contribution < -0.4 is 10.6 Å². The molecule has 7 nitrogen and oxygen atoms in total. The first-order valence-corrected chi connectivity index (χ1v) is 11.3. The van der Waals surface area contributed by atoms with E-state index in [9.17, 15) is 4.79 Å². The first-order chi connectivity index (χ1) is 12.8. The summed E-state index contributed by atoms with van der Waals surface area (Å²) in [5.41, 5.74) is -0.434. The van der Waals surface area contributed by atoms with Crippen molar-refractivity contribution < 1.29 is 9.53 Å². The van der Waals surface area contributed by atoms with Crippen molar-refractivity contribution in [1.82, 2.24) is 20.4 Å². The summed E-state index contributed by atoms with van der Waals surface area (Å²) in [6.07, 6.45) is 5.72. The Labute approximate surface area is 191 Å². The van der Waals surface area contributed by atoms with E-state index < -0.39 is 5.60 Å². The lowest BCUT2D eigenvalue weighted by atomic mass is 10.2. The number of guanidine groups is 1. The minimum Gasteiger partial charge on any atom is -0.444 e. The Kier molecular flexibility index (Phi) is 11.3. The molecule has 1 saturated heterocycles. The lowest BCUT2D eigenvalue weighted by Gasteiger charge is -2.35. The Morgan fingerprint density at radius 1 is 1.21 bits per heavy atom. The van der Waals surface area contributed by atoms with Crippen LogP contribution in [0.2, 0.25) is 0 Å². The highest BCUT2D eigenvalue weighted by atomic mass is 127. The molecule has 2 N–H and O–H groups in total. The molecule has 1 aliphatic heterocycles. The van der Waals surface area contributed by atoms with Gasteiger partial charge in [-0.15, -0.1) is 24.0 Å². The second-order valence-electron chi connectivity index (χ2n) is 8.32. The maximum absolute atomic E-state index is 12.1. The van der Waals surface area contributed by atoms with Crippen LogP contribution >= 0.6 is 35.7 Å². The van der Waals surface area contributed by atoms with Crippen LogP contribution in [0.1, 0.15) is 40.0 Å². The molecule has 2 aliphatic rings. The molecule has 2 rings (SSSR count). The van der Waals surface area contributed by atoms with E-state index in [1.165, 1.54) is 19.3 Å². The molecule has 0 aromatic carbocycles. The Bertz CT molecular complexity index is 507. The number of rotatable bonds is 5. The predicted octanol–water partition coefficient (Wildman–Crippen LogP) is 2.61. The lowest BCUT2D eigenvalue weighted by Crippen LogP contribution is -2.52. The smallest absolute Gasteiger partial charge is 0.410 e. The van der Waals surface area contributed by atoms with Crippen LogP contribution in [-0.2, 0) is 4.74 Å². The van der Waals surface area contributed by atoms with Crippen molar-refractivity contribution in [2.75, 3.05) is 52.6 Å². The van der Waals surface area contributed by atoms with Gasteiger partial charge in [0.25, 0.3) is 0 Å². The molecule has 1 heterocycles. The van der Waals surface area contributed by atoms with E-state index in [0.717, 1.165) is 50.5 Å². The average Bonchev–Trinajstić information content (AvgIpc) is 3.07. The molecule has 1 saturated carbocycles. The van der Waals surface area contributed by atoms with Crippen LogP contribution in [0.5, 0.6) is 0 Å². The fourth-order valence-electron chi connectivity index (χ4n) is 3.49. The molecule has 28 heavy (non-hydrogen) atoms. The van der Waals surface area contributed by atoms with Crippen LogP contribution in [0.15, 0.2) is 4.99 Å². The Hall–Kier alpha value is -0.420. The van der Waals surface area contributed by atoms with Crippen molar-refractivity contribution in [1.29, 1.82) is 0 Å². The van der Waals surface area contributed by atoms with E-state index >= 15 is 0 Å². The van der Waals surface area contributed by atoms with Crippen LogP contribution in [0, 0.1) is 0 Å². The highest BCUT2D eigenvalue weighted by Gasteiger charge is 2.26. The summed E-state index contributed by atoms with van der Waals surface area (Å²) in [6.45, 7) is 10.7. The van der Waals surface area contributed by atoms with Crippen molar-refractivity contribution in [3.8, 4) is 0 Å². The minimum atomic E-state index is -0.434. The second kappa shape index (κ2) is 12.3. The van der Waals surface area contributed by atoms with Gasteiger partial charge < -0.3 is 20.3 Å². The standard InChI is InChI=1S/C19H37N5O2S.HI/c1-19(2,3)26-18(25)24-12-10-23(11-13-24)9-8-21-17(20-4)22-15-6-7-16(14-15)27-5;/h15-16H,6-14H2,1-5H3,(H2,20,21,22);1H. The van der Waals surface area contributed by atoms with Crippen LogP contribution in [0.4, 0.5) is 4.79 Å². The largest absolute Gasteiger partial charge is 0.444 e. The Morgan fingerprint density at radius 3 is 2.43 bits per heavy atom. The molecule has 2 atom stereocenters. The van der Waals surface area contributed by atoms with Crippen molar-refractivity contribution in [2.24, 2.45) is 4.99 Å². The first-order valence-electron chi connectivity index (χ1n) is 10.0. The van der Waals surface area contributed by atoms with Gasteiger partial charge in [-0.2, -0.15) is 11.8 Å². The summed E-state index contributed by atoms with van der Waals surface area (Å²) >= 11 is 1.97. The fraction of sp³-hybridized carbons (Fsp3) is 0.895. The number of piperazine rings is 1. The third kappa shape index (κ3) is 8.94. The van der Waals surface area contributed by atoms with Gasteiger partial charge in [0.2, 0.25) is 0 Å². The Morgan fingerprint density at radius 2 is 1.89 bits per heavy atom. The monoisotopic (exact) mass is 527 g/mol. The van der Waals surface area contributed by atoms with Gasteiger partial charge in [-0.25, -0.2) is 4.79 Å². The molecule has 0 bridgehead atoms. The number of ether oxygens (including phenoxy) is 1. The summed E-state index contributed by atoms with van der Waals surface area (Å²) in [5, 5.41) is 7.76. The summed E-state index contributed by atoms with van der Waals surface area (Å²) in [6, 6.07) is 0.533. The van der Waals surface area contributed by atoms with E-state index in [1.54, 1.807) is 4.90 Å². The van der Waals surface area contributed by atoms with Gasteiger partial charge in [-0.1, -0.05) is 0 Å². The first kappa shape index (κ1) is 25.6. The maximum Gasteiger partial charge on any atom is 0.410 e. The molecule has 9 heteroatoms. The molecule has 2 fully saturated rings. The number of aliphatic imine (C=N–C) groups is 1. The number of hydrogen-bond acceptors (Lipinski definition) is 5. The summed E-state index contributed by atoms with van der Waals surface area (Å²) in [4.78, 5) is 20.7. The fourth-order valence-corrected chi connectivity index (χ4v) is 4.28. The van der Waals surface area contributed by atoms with Crippen LogP contribution in [0.3, 0.4) is 0 Å². The molecule has 0 aromatic rings. The highest BCUT2D eigenvalue weighted by Crippen LogP contribution is 2.27. The highest BCUT2D eigenvalue weighted by molar-refractivity contribution is 14.0. The number of carbonyl (C=O) groups is 1. The average molecular weight is 528 g/mol. The zero-order valence-corrected chi connectivity index (χ0v) is 21.1. The zero-order chi connectivity index (χ0) is 19.9. The van der Waals surface area contributed by atoms with E-state index in [4.69, 9.17) is 4.74 Å². The van der Waals surface area contributed by atoms with Gasteiger partial charge in [0, 0.05) is 57.6 Å². The molecule has 0 aromatic heterocycles. The van der Waals surface area contributed by atoms with E-state index in [2.05, 4.69) is 26.8 Å². The SMILES string of the molecule is CN=C(NCCN1CCN(C(=O)OC(C)(C)C)CC1)NC1CCC(SC)C1.I. The Balaban J connectivity index is 0.00000392.